The molecule has 3 rings (SSSR count). The fourth-order valence-corrected chi connectivity index (χ4v) is 3.72. The number of aryl methyl sites for hydroxylation is 2. The molecule has 2 aromatic carbocycles. The highest BCUT2D eigenvalue weighted by Gasteiger charge is 2.14. The molecule has 0 spiro atoms. The van der Waals surface area contributed by atoms with E-state index < -0.39 is 5.69 Å². The Kier molecular flexibility index (Phi) is 7.44. The number of aromatic nitrogens is 2. The summed E-state index contributed by atoms with van der Waals surface area (Å²) in [4.78, 5) is 27.4. The van der Waals surface area contributed by atoms with Gasteiger partial charge in [-0.05, 0) is 44.0 Å². The van der Waals surface area contributed by atoms with Crippen LogP contribution in [0.2, 0.25) is 0 Å². The van der Waals surface area contributed by atoms with E-state index in [-0.39, 0.29) is 18.9 Å². The van der Waals surface area contributed by atoms with Gasteiger partial charge >= 0.3 is 5.69 Å². The fourth-order valence-electron chi connectivity index (χ4n) is 3.72. The molecule has 0 unspecified atom stereocenters. The molecule has 0 aliphatic rings. The molecule has 0 aliphatic heterocycles. The molecule has 0 atom stereocenters. The number of nitriles is 1. The normalized spacial score (nSPS) is 10.3. The Balaban J connectivity index is 1.83. The van der Waals surface area contributed by atoms with Gasteiger partial charge in [0.1, 0.15) is 13.3 Å². The number of nitrogens with one attached hydrogen (secondary N) is 1. The zero-order valence-electron chi connectivity index (χ0n) is 18.5. The highest BCUT2D eigenvalue weighted by atomic mass is 16.5. The molecule has 1 aromatic heterocycles. The molecule has 1 heterocycles. The first-order valence-corrected chi connectivity index (χ1v) is 10.4. The van der Waals surface area contributed by atoms with E-state index >= 15 is 0 Å². The molecule has 0 amide bonds. The van der Waals surface area contributed by atoms with E-state index in [9.17, 15) is 9.59 Å². The average molecular weight is 428 g/mol. The van der Waals surface area contributed by atoms with Gasteiger partial charge in [-0.25, -0.2) is 4.79 Å². The summed E-state index contributed by atoms with van der Waals surface area (Å²) in [5, 5.41) is 8.97. The van der Waals surface area contributed by atoms with Crippen LogP contribution >= 0.6 is 0 Å². The molecule has 0 aliphatic carbocycles. The van der Waals surface area contributed by atoms with E-state index in [4.69, 9.17) is 10.00 Å². The van der Waals surface area contributed by atoms with Crippen molar-refractivity contribution in [1.82, 2.24) is 9.55 Å². The maximum absolute atomic E-state index is 12.6. The summed E-state index contributed by atoms with van der Waals surface area (Å²) in [5.41, 5.74) is 4.93. The number of nitrogens with zero attached hydrogens (tertiary/aromatic N) is 2. The zero-order chi connectivity index (χ0) is 23.1. The lowest BCUT2D eigenvalue weighted by Gasteiger charge is -2.16. The zero-order valence-corrected chi connectivity index (χ0v) is 18.5. The summed E-state index contributed by atoms with van der Waals surface area (Å²) in [6, 6.07) is 15.3. The third kappa shape index (κ3) is 5.63. The second kappa shape index (κ2) is 10.4. The number of benzene rings is 2. The average Bonchev–Trinajstić information content (AvgIpc) is 2.75. The van der Waals surface area contributed by atoms with Crippen molar-refractivity contribution in [2.75, 3.05) is 6.61 Å². The smallest absolute Gasteiger partial charge is 0.330 e. The minimum Gasteiger partial charge on any atom is -0.348 e. The van der Waals surface area contributed by atoms with E-state index in [0.717, 1.165) is 22.3 Å². The number of rotatable bonds is 6. The van der Waals surface area contributed by atoms with Crippen LogP contribution in [-0.4, -0.2) is 16.2 Å². The molecule has 3 aromatic rings. The van der Waals surface area contributed by atoms with Gasteiger partial charge in [-0.2, -0.15) is 5.26 Å². The molecule has 0 radical (unpaired) electrons. The molecular weight excluding hydrogens is 402 g/mol. The Morgan fingerprint density at radius 2 is 1.78 bits per heavy atom. The fraction of sp³-hybridized carbons (Fsp3) is 0.269. The van der Waals surface area contributed by atoms with E-state index in [2.05, 4.69) is 41.1 Å². The lowest BCUT2D eigenvalue weighted by atomic mass is 10.0. The number of hydrogen-bond acceptors (Lipinski definition) is 4. The Labute approximate surface area is 187 Å². The van der Waals surface area contributed by atoms with Crippen LogP contribution in [0.1, 0.15) is 46.0 Å². The molecule has 6 heteroatoms. The van der Waals surface area contributed by atoms with Crippen LogP contribution in [0.4, 0.5) is 0 Å². The lowest BCUT2D eigenvalue weighted by Crippen LogP contribution is -2.36. The maximum Gasteiger partial charge on any atom is 0.330 e. The third-order valence-corrected chi connectivity index (χ3v) is 5.04. The minimum absolute atomic E-state index is 0.0182. The molecule has 0 fully saturated rings. The summed E-state index contributed by atoms with van der Waals surface area (Å²) < 4.78 is 7.11. The van der Waals surface area contributed by atoms with Crippen molar-refractivity contribution in [3.63, 3.8) is 0 Å². The monoisotopic (exact) mass is 427 g/mol. The van der Waals surface area contributed by atoms with Crippen molar-refractivity contribution in [3.8, 4) is 17.9 Å². The molecule has 162 valence electrons. The number of aromatic amines is 1. The van der Waals surface area contributed by atoms with Gasteiger partial charge in [0.15, 0.2) is 0 Å². The SMILES string of the molecule is CCc1c(Cc2cc(C)cc(C)c2)n(COCC#Cc2cccc(C#N)c2)c(=O)[nH]c1=O. The van der Waals surface area contributed by atoms with Gasteiger partial charge < -0.3 is 4.74 Å². The first-order chi connectivity index (χ1) is 15.4. The lowest BCUT2D eigenvalue weighted by molar-refractivity contribution is 0.0980. The summed E-state index contributed by atoms with van der Waals surface area (Å²) in [6.45, 7) is 6.03. The molecule has 0 saturated carbocycles. The largest absolute Gasteiger partial charge is 0.348 e. The van der Waals surface area contributed by atoms with Crippen molar-refractivity contribution in [2.24, 2.45) is 0 Å². The van der Waals surface area contributed by atoms with Gasteiger partial charge in [-0.1, -0.05) is 54.2 Å². The van der Waals surface area contributed by atoms with Gasteiger partial charge in [-0.3, -0.25) is 14.3 Å². The molecule has 0 bridgehead atoms. The van der Waals surface area contributed by atoms with Gasteiger partial charge in [-0.15, -0.1) is 0 Å². The number of H-pyrrole nitrogens is 1. The highest BCUT2D eigenvalue weighted by Crippen LogP contribution is 2.15. The Morgan fingerprint density at radius 1 is 1.06 bits per heavy atom. The molecule has 32 heavy (non-hydrogen) atoms. The van der Waals surface area contributed by atoms with Crippen LogP contribution in [0.3, 0.4) is 0 Å². The van der Waals surface area contributed by atoms with Crippen molar-refractivity contribution in [1.29, 1.82) is 5.26 Å². The number of ether oxygens (including phenoxy) is 1. The van der Waals surface area contributed by atoms with Crippen molar-refractivity contribution in [2.45, 2.75) is 40.3 Å². The van der Waals surface area contributed by atoms with Crippen LogP contribution in [0.25, 0.3) is 0 Å². The first-order valence-electron chi connectivity index (χ1n) is 10.4. The Morgan fingerprint density at radius 3 is 2.47 bits per heavy atom. The summed E-state index contributed by atoms with van der Waals surface area (Å²) in [6.07, 6.45) is 0.964. The number of hydrogen-bond donors (Lipinski definition) is 1. The van der Waals surface area contributed by atoms with E-state index in [1.807, 2.05) is 26.8 Å². The standard InChI is InChI=1S/C26H25N3O3/c1-4-23-24(15-22-12-18(2)11-19(3)13-22)29(26(31)28-25(23)30)17-32-10-6-9-20-7-5-8-21(14-20)16-27/h5,7-8,11-14H,4,10,15,17H2,1-3H3,(H,28,30,31). The summed E-state index contributed by atoms with van der Waals surface area (Å²) in [5.74, 6) is 5.85. The summed E-state index contributed by atoms with van der Waals surface area (Å²) in [7, 11) is 0. The molecule has 6 nitrogen and oxygen atoms in total. The van der Waals surface area contributed by atoms with Crippen molar-refractivity contribution in [3.05, 3.63) is 102 Å². The van der Waals surface area contributed by atoms with Crippen LogP contribution in [0.5, 0.6) is 0 Å². The maximum atomic E-state index is 12.6. The van der Waals surface area contributed by atoms with Gasteiger partial charge in [0, 0.05) is 23.2 Å². The predicted octanol–water partition coefficient (Wildman–Crippen LogP) is 3.20. The minimum atomic E-state index is -0.499. The van der Waals surface area contributed by atoms with E-state index in [1.54, 1.807) is 18.2 Å². The Bertz CT molecular complexity index is 1330. The topological polar surface area (TPSA) is 87.9 Å². The van der Waals surface area contributed by atoms with E-state index in [1.165, 1.54) is 4.57 Å². The van der Waals surface area contributed by atoms with Crippen LogP contribution < -0.4 is 11.2 Å². The van der Waals surface area contributed by atoms with Crippen LogP contribution in [0, 0.1) is 37.0 Å². The van der Waals surface area contributed by atoms with Crippen molar-refractivity contribution >= 4 is 0 Å². The Hall–Kier alpha value is -3.87. The quantitative estimate of drug-likeness (QED) is 0.483. The highest BCUT2D eigenvalue weighted by molar-refractivity contribution is 5.41. The van der Waals surface area contributed by atoms with Gasteiger partial charge in [0.2, 0.25) is 0 Å². The van der Waals surface area contributed by atoms with Crippen LogP contribution in [-0.2, 0) is 24.3 Å². The molecule has 0 saturated heterocycles. The summed E-state index contributed by atoms with van der Waals surface area (Å²) >= 11 is 0. The predicted molar refractivity (Wildman–Crippen MR) is 123 cm³/mol. The van der Waals surface area contributed by atoms with Gasteiger partial charge in [0.05, 0.1) is 11.6 Å². The third-order valence-electron chi connectivity index (χ3n) is 5.04. The second-order valence-electron chi connectivity index (χ2n) is 7.61. The molecule has 1 N–H and O–H groups in total. The van der Waals surface area contributed by atoms with Crippen molar-refractivity contribution < 1.29 is 4.74 Å². The van der Waals surface area contributed by atoms with E-state index in [0.29, 0.717) is 29.7 Å². The van der Waals surface area contributed by atoms with Crippen LogP contribution in [0.15, 0.2) is 52.1 Å². The first kappa shape index (κ1) is 22.8. The second-order valence-corrected chi connectivity index (χ2v) is 7.61. The van der Waals surface area contributed by atoms with Gasteiger partial charge in [0.25, 0.3) is 5.56 Å². The molecular formula is C26H25N3O3.